The third-order valence-corrected chi connectivity index (χ3v) is 9.98. The van der Waals surface area contributed by atoms with Gasteiger partial charge >= 0.3 is 0 Å². The monoisotopic (exact) mass is 585 g/mol. The molecule has 2 fully saturated rings. The molecule has 0 radical (unpaired) electrons. The van der Waals surface area contributed by atoms with Gasteiger partial charge in [-0.25, -0.2) is 13.8 Å². The van der Waals surface area contributed by atoms with E-state index in [-0.39, 0.29) is 30.5 Å². The van der Waals surface area contributed by atoms with Crippen LogP contribution in [0.25, 0.3) is 0 Å². The second-order valence-corrected chi connectivity index (χ2v) is 12.6. The fourth-order valence-corrected chi connectivity index (χ4v) is 7.60. The van der Waals surface area contributed by atoms with Gasteiger partial charge in [-0.05, 0) is 79.6 Å². The molecule has 0 unspecified atom stereocenters. The molecule has 0 bridgehead atoms. The number of hydrogen-bond donors (Lipinski definition) is 3. The SMILES string of the molecule is C[C@]1(c2cc(F)cc(F)c2)CNC2(CCCCC2)C(=O)N1CC(=O)Nc1ccc2c(c1)C[C@@]1(C2)C(=O)Nc2ncccc21. The molecule has 2 aromatic carbocycles. The molecule has 2 atom stereocenters. The number of halogens is 2. The van der Waals surface area contributed by atoms with E-state index >= 15 is 0 Å². The van der Waals surface area contributed by atoms with Crippen molar-refractivity contribution in [3.63, 3.8) is 0 Å². The Bertz CT molecular complexity index is 1650. The molecule has 222 valence electrons. The molecule has 4 aliphatic rings. The maximum absolute atomic E-state index is 14.3. The molecule has 2 aliphatic carbocycles. The number of fused-ring (bicyclic) bond motifs is 3. The number of aromatic nitrogens is 1. The Hall–Kier alpha value is -4.18. The third-order valence-electron chi connectivity index (χ3n) is 9.98. The molecule has 1 saturated heterocycles. The van der Waals surface area contributed by atoms with Crippen molar-refractivity contribution >= 4 is 29.2 Å². The van der Waals surface area contributed by atoms with Crippen LogP contribution in [0.3, 0.4) is 0 Å². The van der Waals surface area contributed by atoms with Crippen molar-refractivity contribution in [2.75, 3.05) is 23.7 Å². The number of nitrogens with zero attached hydrogens (tertiary/aromatic N) is 2. The van der Waals surface area contributed by atoms with Crippen molar-refractivity contribution in [1.82, 2.24) is 15.2 Å². The molecule has 1 aromatic heterocycles. The van der Waals surface area contributed by atoms with E-state index in [1.54, 1.807) is 19.2 Å². The number of rotatable bonds is 4. The number of carbonyl (C=O) groups excluding carboxylic acids is 3. The maximum atomic E-state index is 14.3. The molecular weight excluding hydrogens is 552 g/mol. The van der Waals surface area contributed by atoms with Gasteiger partial charge in [0.2, 0.25) is 17.7 Å². The molecule has 1 saturated carbocycles. The van der Waals surface area contributed by atoms with Crippen LogP contribution in [0.5, 0.6) is 0 Å². The first kappa shape index (κ1) is 27.6. The van der Waals surface area contributed by atoms with Crippen LogP contribution in [-0.4, -0.2) is 46.2 Å². The number of amides is 3. The molecule has 2 spiro atoms. The molecule has 8 nitrogen and oxygen atoms in total. The van der Waals surface area contributed by atoms with Gasteiger partial charge in [0.1, 0.15) is 24.0 Å². The van der Waals surface area contributed by atoms with Gasteiger partial charge in [0, 0.05) is 30.1 Å². The summed E-state index contributed by atoms with van der Waals surface area (Å²) < 4.78 is 28.7. The van der Waals surface area contributed by atoms with Crippen LogP contribution in [-0.2, 0) is 38.2 Å². The highest BCUT2D eigenvalue weighted by Crippen LogP contribution is 2.47. The Morgan fingerprint density at radius 1 is 1.00 bits per heavy atom. The summed E-state index contributed by atoms with van der Waals surface area (Å²) in [6, 6.07) is 12.6. The van der Waals surface area contributed by atoms with E-state index in [9.17, 15) is 23.2 Å². The van der Waals surface area contributed by atoms with Crippen LogP contribution in [0.1, 0.15) is 61.3 Å². The van der Waals surface area contributed by atoms with E-state index in [4.69, 9.17) is 0 Å². The lowest BCUT2D eigenvalue weighted by Gasteiger charge is -2.53. The van der Waals surface area contributed by atoms with E-state index in [1.807, 2.05) is 24.3 Å². The molecule has 3 N–H and O–H groups in total. The van der Waals surface area contributed by atoms with Crippen LogP contribution in [0.2, 0.25) is 0 Å². The summed E-state index contributed by atoms with van der Waals surface area (Å²) in [5, 5.41) is 9.27. The van der Waals surface area contributed by atoms with Crippen LogP contribution in [0.4, 0.5) is 20.3 Å². The summed E-state index contributed by atoms with van der Waals surface area (Å²) in [6.45, 7) is 1.72. The van der Waals surface area contributed by atoms with Gasteiger partial charge in [-0.1, -0.05) is 31.4 Å². The topological polar surface area (TPSA) is 103 Å². The lowest BCUT2D eigenvalue weighted by molar-refractivity contribution is -0.155. The van der Waals surface area contributed by atoms with E-state index in [0.29, 0.717) is 37.2 Å². The molecule has 3 amide bonds. The Labute approximate surface area is 248 Å². The maximum Gasteiger partial charge on any atom is 0.244 e. The largest absolute Gasteiger partial charge is 0.325 e. The van der Waals surface area contributed by atoms with Crippen LogP contribution < -0.4 is 16.0 Å². The highest BCUT2D eigenvalue weighted by Gasteiger charge is 2.53. The summed E-state index contributed by atoms with van der Waals surface area (Å²) in [7, 11) is 0. The molecule has 3 heterocycles. The Kier molecular flexibility index (Phi) is 6.39. The van der Waals surface area contributed by atoms with Crippen molar-refractivity contribution in [2.24, 2.45) is 0 Å². The van der Waals surface area contributed by atoms with E-state index in [1.165, 1.54) is 17.0 Å². The molecule has 2 aliphatic heterocycles. The predicted molar refractivity (Wildman–Crippen MR) is 156 cm³/mol. The average molecular weight is 586 g/mol. The summed E-state index contributed by atoms with van der Waals surface area (Å²) >= 11 is 0. The Balaban J connectivity index is 1.15. The van der Waals surface area contributed by atoms with Gasteiger partial charge in [0.15, 0.2) is 0 Å². The summed E-state index contributed by atoms with van der Waals surface area (Å²) in [5.74, 6) is -1.61. The zero-order chi connectivity index (χ0) is 30.0. The normalized spacial score (nSPS) is 25.5. The van der Waals surface area contributed by atoms with Gasteiger partial charge in [-0.2, -0.15) is 0 Å². The number of piperazine rings is 1. The number of nitrogens with one attached hydrogen (secondary N) is 3. The summed E-state index contributed by atoms with van der Waals surface area (Å²) in [6.07, 6.45) is 6.79. The van der Waals surface area contributed by atoms with E-state index < -0.39 is 34.0 Å². The number of hydrogen-bond acceptors (Lipinski definition) is 5. The average Bonchev–Trinajstić information content (AvgIpc) is 3.50. The number of benzene rings is 2. The highest BCUT2D eigenvalue weighted by molar-refractivity contribution is 6.06. The van der Waals surface area contributed by atoms with Crippen LogP contribution in [0.15, 0.2) is 54.7 Å². The molecule has 43 heavy (non-hydrogen) atoms. The van der Waals surface area contributed by atoms with E-state index in [2.05, 4.69) is 20.9 Å². The van der Waals surface area contributed by atoms with E-state index in [0.717, 1.165) is 42.0 Å². The molecular formula is C33H33F2N5O3. The number of pyridine rings is 1. The smallest absolute Gasteiger partial charge is 0.244 e. The second-order valence-electron chi connectivity index (χ2n) is 12.6. The minimum Gasteiger partial charge on any atom is -0.325 e. The Morgan fingerprint density at radius 2 is 1.74 bits per heavy atom. The van der Waals surface area contributed by atoms with Crippen molar-refractivity contribution in [3.8, 4) is 0 Å². The number of anilines is 2. The zero-order valence-electron chi connectivity index (χ0n) is 23.9. The third kappa shape index (κ3) is 4.42. The van der Waals surface area contributed by atoms with Crippen molar-refractivity contribution in [1.29, 1.82) is 0 Å². The lowest BCUT2D eigenvalue weighted by atomic mass is 9.75. The first-order valence-electron chi connectivity index (χ1n) is 14.8. The molecule has 3 aromatic rings. The van der Waals surface area contributed by atoms with Gasteiger partial charge in [-0.15, -0.1) is 0 Å². The summed E-state index contributed by atoms with van der Waals surface area (Å²) in [5.41, 5.74) is 1.05. The fraction of sp³-hybridized carbons (Fsp3) is 0.394. The van der Waals surface area contributed by atoms with Crippen LogP contribution in [0, 0.1) is 11.6 Å². The Morgan fingerprint density at radius 3 is 2.51 bits per heavy atom. The van der Waals surface area contributed by atoms with Crippen molar-refractivity contribution < 1.29 is 23.2 Å². The molecule has 7 rings (SSSR count). The zero-order valence-corrected chi connectivity index (χ0v) is 23.9. The van der Waals surface area contributed by atoms with Gasteiger partial charge in [0.25, 0.3) is 0 Å². The molecule has 10 heteroatoms. The fourth-order valence-electron chi connectivity index (χ4n) is 7.60. The first-order valence-corrected chi connectivity index (χ1v) is 14.8. The quantitative estimate of drug-likeness (QED) is 0.423. The van der Waals surface area contributed by atoms with Gasteiger partial charge in [0.05, 0.1) is 16.5 Å². The van der Waals surface area contributed by atoms with Crippen LogP contribution >= 0.6 is 0 Å². The second kappa shape index (κ2) is 9.94. The minimum absolute atomic E-state index is 0.0788. The standard InChI is InChI=1S/C33H33F2N5O3/c1-31(22-13-23(34)15-24(35)14-22)19-37-33(9-3-2-4-10-33)30(43)40(31)18-27(41)38-25-8-7-20-16-32(17-21(20)12-25)26-6-5-11-36-28(26)39-29(32)42/h5-8,11-15,37H,2-4,9-10,16-19H2,1H3,(H,38,41)(H,36,39,42)/t31-,32-/m1/s1. The predicted octanol–water partition coefficient (Wildman–Crippen LogP) is 4.34. The first-order chi connectivity index (χ1) is 20.6. The minimum atomic E-state index is -1.15. The van der Waals surface area contributed by atoms with Gasteiger partial charge in [-0.3, -0.25) is 14.4 Å². The van der Waals surface area contributed by atoms with Crippen molar-refractivity contribution in [2.45, 2.75) is 68.4 Å². The lowest BCUT2D eigenvalue weighted by Crippen LogP contribution is -2.72. The summed E-state index contributed by atoms with van der Waals surface area (Å²) in [4.78, 5) is 46.6. The van der Waals surface area contributed by atoms with Gasteiger partial charge < -0.3 is 20.9 Å². The highest BCUT2D eigenvalue weighted by atomic mass is 19.1. The van der Waals surface area contributed by atoms with Crippen molar-refractivity contribution in [3.05, 3.63) is 88.6 Å². The number of carbonyl (C=O) groups is 3.